The molecule has 6 nitrogen and oxygen atoms in total. The van der Waals surface area contributed by atoms with Crippen LogP contribution in [0.4, 0.5) is 0 Å². The van der Waals surface area contributed by atoms with E-state index in [2.05, 4.69) is 69.4 Å². The van der Waals surface area contributed by atoms with E-state index in [9.17, 15) is 14.4 Å². The second kappa shape index (κ2) is 64.9. The minimum atomic E-state index is -0.782. The van der Waals surface area contributed by atoms with E-state index in [0.29, 0.717) is 19.3 Å². The normalized spacial score (nSPS) is 12.3. The summed E-state index contributed by atoms with van der Waals surface area (Å²) in [6, 6.07) is 0. The molecule has 0 aliphatic heterocycles. The minimum Gasteiger partial charge on any atom is -0.462 e. The third-order valence-electron chi connectivity index (χ3n) is 15.0. The van der Waals surface area contributed by atoms with Crippen LogP contribution in [0.5, 0.6) is 0 Å². The van der Waals surface area contributed by atoms with Crippen LogP contribution in [0.15, 0.2) is 48.6 Å². The van der Waals surface area contributed by atoms with Gasteiger partial charge in [0, 0.05) is 19.3 Å². The maximum atomic E-state index is 12.9. The van der Waals surface area contributed by atoms with Gasteiger partial charge in [0.2, 0.25) is 0 Å². The Kier molecular flexibility index (Phi) is 62.6. The summed E-state index contributed by atoms with van der Waals surface area (Å²) in [5.74, 6) is -0.881. The summed E-state index contributed by atoms with van der Waals surface area (Å²) in [7, 11) is 0. The third kappa shape index (κ3) is 62.2. The van der Waals surface area contributed by atoms with Gasteiger partial charge < -0.3 is 14.2 Å². The lowest BCUT2D eigenvalue weighted by Crippen LogP contribution is -2.30. The topological polar surface area (TPSA) is 78.9 Å². The monoisotopic (exact) mass is 1060 g/mol. The lowest BCUT2D eigenvalue weighted by Gasteiger charge is -2.18. The molecule has 0 bridgehead atoms. The van der Waals surface area contributed by atoms with Crippen LogP contribution in [0.1, 0.15) is 361 Å². The molecule has 0 aromatic carbocycles. The van der Waals surface area contributed by atoms with Gasteiger partial charge in [0.1, 0.15) is 13.2 Å². The fourth-order valence-electron chi connectivity index (χ4n) is 9.92. The average molecular weight is 1070 g/mol. The maximum Gasteiger partial charge on any atom is 0.306 e. The van der Waals surface area contributed by atoms with E-state index in [1.54, 1.807) is 0 Å². The van der Waals surface area contributed by atoms with Crippen molar-refractivity contribution in [3.63, 3.8) is 0 Å². The lowest BCUT2D eigenvalue weighted by molar-refractivity contribution is -0.167. The molecule has 0 fully saturated rings. The van der Waals surface area contributed by atoms with E-state index in [4.69, 9.17) is 14.2 Å². The van der Waals surface area contributed by atoms with E-state index in [1.807, 2.05) is 0 Å². The van der Waals surface area contributed by atoms with Crippen molar-refractivity contribution < 1.29 is 28.6 Å². The van der Waals surface area contributed by atoms with Crippen molar-refractivity contribution in [2.75, 3.05) is 13.2 Å². The highest BCUT2D eigenvalue weighted by atomic mass is 16.6. The third-order valence-corrected chi connectivity index (χ3v) is 15.0. The predicted octanol–water partition coefficient (Wildman–Crippen LogP) is 22.9. The van der Waals surface area contributed by atoms with Crippen molar-refractivity contribution >= 4 is 17.9 Å². The second-order valence-corrected chi connectivity index (χ2v) is 22.7. The molecule has 0 heterocycles. The highest BCUT2D eigenvalue weighted by molar-refractivity contribution is 5.71. The van der Waals surface area contributed by atoms with E-state index < -0.39 is 6.10 Å². The van der Waals surface area contributed by atoms with Crippen LogP contribution < -0.4 is 0 Å². The standard InChI is InChI=1S/C70H128O6/c1-4-7-10-13-16-19-22-25-28-29-30-31-32-33-34-35-36-37-38-39-40-41-43-45-48-51-54-57-60-63-69(72)75-66-67(65-74-68(71)62-59-56-53-50-47-44-27-24-21-18-15-12-9-6-3)76-70(73)64-61-58-55-52-49-46-42-26-23-20-17-14-11-8-5-2/h15,18,24,26-27,29-30,42,67H,4-14,16-17,19-23,25,28,31-41,43-66H2,1-3H3/b18-15-,27-24-,30-29-,42-26-. The molecule has 1 unspecified atom stereocenters. The molecule has 0 radical (unpaired) electrons. The number of hydrogen-bond acceptors (Lipinski definition) is 6. The molecule has 0 N–H and O–H groups in total. The molecule has 0 rings (SSSR count). The molecular formula is C70H128O6. The quantitative estimate of drug-likeness (QED) is 0.0261. The zero-order chi connectivity index (χ0) is 55.0. The van der Waals surface area contributed by atoms with Crippen LogP contribution in [0.3, 0.4) is 0 Å². The number of allylic oxidation sites excluding steroid dienone is 8. The molecule has 0 aliphatic carbocycles. The molecule has 1 atom stereocenters. The van der Waals surface area contributed by atoms with Crippen LogP contribution in [0.2, 0.25) is 0 Å². The molecule has 0 aromatic heterocycles. The first-order valence-electron chi connectivity index (χ1n) is 33.6. The first-order valence-corrected chi connectivity index (χ1v) is 33.6. The number of esters is 3. The molecule has 0 saturated carbocycles. The number of carbonyl (C=O) groups is 3. The van der Waals surface area contributed by atoms with Gasteiger partial charge in [-0.2, -0.15) is 0 Å². The molecule has 444 valence electrons. The Bertz CT molecular complexity index is 1310. The molecule has 0 aromatic rings. The molecular weight excluding hydrogens is 937 g/mol. The highest BCUT2D eigenvalue weighted by Gasteiger charge is 2.19. The van der Waals surface area contributed by atoms with E-state index >= 15 is 0 Å². The predicted molar refractivity (Wildman–Crippen MR) is 330 cm³/mol. The zero-order valence-corrected chi connectivity index (χ0v) is 51.0. The van der Waals surface area contributed by atoms with Crippen molar-refractivity contribution in [3.8, 4) is 0 Å². The van der Waals surface area contributed by atoms with Gasteiger partial charge in [-0.15, -0.1) is 0 Å². The van der Waals surface area contributed by atoms with Gasteiger partial charge in [-0.1, -0.05) is 294 Å². The van der Waals surface area contributed by atoms with Gasteiger partial charge in [0.05, 0.1) is 0 Å². The number of unbranched alkanes of at least 4 members (excludes halogenated alkanes) is 43. The van der Waals surface area contributed by atoms with Crippen molar-refractivity contribution in [2.45, 2.75) is 367 Å². The first-order chi connectivity index (χ1) is 37.5. The smallest absolute Gasteiger partial charge is 0.306 e. The van der Waals surface area contributed by atoms with E-state index in [0.717, 1.165) is 89.9 Å². The van der Waals surface area contributed by atoms with Crippen molar-refractivity contribution in [1.82, 2.24) is 0 Å². The largest absolute Gasteiger partial charge is 0.462 e. The molecule has 0 saturated heterocycles. The Labute approximate surface area is 473 Å². The van der Waals surface area contributed by atoms with Crippen LogP contribution in [0, 0.1) is 0 Å². The van der Waals surface area contributed by atoms with E-state index in [1.165, 1.54) is 231 Å². The fourth-order valence-corrected chi connectivity index (χ4v) is 9.92. The van der Waals surface area contributed by atoms with Gasteiger partial charge in [0.15, 0.2) is 6.10 Å². The average Bonchev–Trinajstić information content (AvgIpc) is 3.42. The van der Waals surface area contributed by atoms with Gasteiger partial charge >= 0.3 is 17.9 Å². The fraction of sp³-hybridized carbons (Fsp3) is 0.843. The highest BCUT2D eigenvalue weighted by Crippen LogP contribution is 2.17. The summed E-state index contributed by atoms with van der Waals surface area (Å²) in [6.07, 6.45) is 81.4. The Morgan fingerprint density at radius 1 is 0.263 bits per heavy atom. The Morgan fingerprint density at radius 3 is 0.776 bits per heavy atom. The van der Waals surface area contributed by atoms with Crippen molar-refractivity contribution in [2.24, 2.45) is 0 Å². The van der Waals surface area contributed by atoms with Crippen LogP contribution in [-0.4, -0.2) is 37.2 Å². The summed E-state index contributed by atoms with van der Waals surface area (Å²) in [4.78, 5) is 38.3. The Morgan fingerprint density at radius 2 is 0.487 bits per heavy atom. The zero-order valence-electron chi connectivity index (χ0n) is 51.0. The summed E-state index contributed by atoms with van der Waals surface area (Å²) in [5.41, 5.74) is 0. The maximum absolute atomic E-state index is 12.9. The van der Waals surface area contributed by atoms with Crippen LogP contribution in [-0.2, 0) is 28.6 Å². The van der Waals surface area contributed by atoms with Crippen molar-refractivity contribution in [3.05, 3.63) is 48.6 Å². The summed E-state index contributed by atoms with van der Waals surface area (Å²) in [6.45, 7) is 6.62. The van der Waals surface area contributed by atoms with Crippen LogP contribution in [0.25, 0.3) is 0 Å². The summed E-state index contributed by atoms with van der Waals surface area (Å²) >= 11 is 0. The molecule has 0 aliphatic rings. The van der Waals surface area contributed by atoms with Gasteiger partial charge in [0.25, 0.3) is 0 Å². The number of ether oxygens (including phenoxy) is 3. The van der Waals surface area contributed by atoms with Crippen LogP contribution >= 0.6 is 0 Å². The lowest BCUT2D eigenvalue weighted by atomic mass is 10.0. The van der Waals surface area contributed by atoms with E-state index in [-0.39, 0.29) is 31.1 Å². The molecule has 0 spiro atoms. The van der Waals surface area contributed by atoms with Gasteiger partial charge in [-0.05, 0) is 96.3 Å². The number of hydrogen-bond donors (Lipinski definition) is 0. The molecule has 0 amide bonds. The molecule has 6 heteroatoms. The summed E-state index contributed by atoms with van der Waals surface area (Å²) in [5, 5.41) is 0. The number of carbonyl (C=O) groups excluding carboxylic acids is 3. The number of rotatable bonds is 62. The first kappa shape index (κ1) is 73.4. The minimum absolute atomic E-state index is 0.0778. The molecule has 76 heavy (non-hydrogen) atoms. The Balaban J connectivity index is 4.19. The summed E-state index contributed by atoms with van der Waals surface area (Å²) < 4.78 is 16.9. The SMILES string of the molecule is CCCC/C=C\C/C=C\CCCCCCCC(=O)OCC(COC(=O)CCCCCCCCCCCCCCCCCCC/C=C\CCCCCCCCCC)OC(=O)CCCCCCC/C=C\CCCCCCCC. The van der Waals surface area contributed by atoms with Gasteiger partial charge in [-0.3, -0.25) is 14.4 Å². The van der Waals surface area contributed by atoms with Gasteiger partial charge in [-0.25, -0.2) is 0 Å². The second-order valence-electron chi connectivity index (χ2n) is 22.7. The van der Waals surface area contributed by atoms with Crippen molar-refractivity contribution in [1.29, 1.82) is 0 Å². The Hall–Kier alpha value is -2.63.